The van der Waals surface area contributed by atoms with Gasteiger partial charge in [0.15, 0.2) is 0 Å². The summed E-state index contributed by atoms with van der Waals surface area (Å²) in [5.41, 5.74) is 7.63. The third-order valence-electron chi connectivity index (χ3n) is 3.92. The molecular weight excluding hydrogens is 282 g/mol. The smallest absolute Gasteiger partial charge is 0.263 e. The predicted octanol–water partition coefficient (Wildman–Crippen LogP) is 3.17. The summed E-state index contributed by atoms with van der Waals surface area (Å²) in [6.45, 7) is 0.755. The number of hydrogen-bond acceptors (Lipinski definition) is 4. The van der Waals surface area contributed by atoms with Gasteiger partial charge in [-0.1, -0.05) is 18.2 Å². The molecule has 0 radical (unpaired) electrons. The minimum absolute atomic E-state index is 0.0651. The van der Waals surface area contributed by atoms with E-state index >= 15 is 0 Å². The van der Waals surface area contributed by atoms with Gasteiger partial charge in [-0.2, -0.15) is 0 Å². The number of rotatable bonds is 3. The molecule has 2 heterocycles. The summed E-state index contributed by atoms with van der Waals surface area (Å²) < 4.78 is 1.04. The van der Waals surface area contributed by atoms with E-state index in [-0.39, 0.29) is 5.91 Å². The second kappa shape index (κ2) is 4.70. The molecule has 1 saturated carbocycles. The maximum Gasteiger partial charge on any atom is 0.263 e. The average Bonchev–Trinajstić information content (AvgIpc) is 3.28. The molecule has 5 heteroatoms. The minimum Gasteiger partial charge on any atom is -0.397 e. The maximum absolute atomic E-state index is 12.3. The number of fused-ring (bicyclic) bond motifs is 3. The van der Waals surface area contributed by atoms with Crippen LogP contribution in [-0.2, 0) is 0 Å². The van der Waals surface area contributed by atoms with Crippen LogP contribution >= 0.6 is 11.3 Å². The van der Waals surface area contributed by atoms with E-state index in [2.05, 4.69) is 10.3 Å². The number of pyridine rings is 1. The molecule has 0 aliphatic heterocycles. The van der Waals surface area contributed by atoms with Gasteiger partial charge >= 0.3 is 0 Å². The summed E-state index contributed by atoms with van der Waals surface area (Å²) >= 11 is 1.46. The van der Waals surface area contributed by atoms with Gasteiger partial charge in [-0.05, 0) is 24.8 Å². The first-order valence-electron chi connectivity index (χ1n) is 7.08. The van der Waals surface area contributed by atoms with Crippen molar-refractivity contribution in [1.29, 1.82) is 0 Å². The molecule has 0 unspecified atom stereocenters. The molecule has 3 aromatic rings. The average molecular weight is 297 g/mol. The highest BCUT2D eigenvalue weighted by molar-refractivity contribution is 7.22. The lowest BCUT2D eigenvalue weighted by Crippen LogP contribution is -2.25. The van der Waals surface area contributed by atoms with Crippen molar-refractivity contribution < 1.29 is 4.79 Å². The Balaban J connectivity index is 1.80. The molecule has 1 fully saturated rings. The van der Waals surface area contributed by atoms with Gasteiger partial charge in [-0.3, -0.25) is 9.78 Å². The van der Waals surface area contributed by atoms with Crippen LogP contribution in [-0.4, -0.2) is 17.4 Å². The van der Waals surface area contributed by atoms with Crippen molar-refractivity contribution in [3.8, 4) is 0 Å². The fourth-order valence-electron chi connectivity index (χ4n) is 2.51. The Bertz CT molecular complexity index is 851. The van der Waals surface area contributed by atoms with Crippen LogP contribution in [0, 0.1) is 5.92 Å². The molecule has 0 spiro atoms. The Morgan fingerprint density at radius 2 is 2.14 bits per heavy atom. The van der Waals surface area contributed by atoms with Crippen molar-refractivity contribution in [2.24, 2.45) is 5.92 Å². The fourth-order valence-corrected chi connectivity index (χ4v) is 3.65. The highest BCUT2D eigenvalue weighted by atomic mass is 32.1. The van der Waals surface area contributed by atoms with Crippen LogP contribution in [0.15, 0.2) is 30.5 Å². The van der Waals surface area contributed by atoms with Gasteiger partial charge in [0.2, 0.25) is 0 Å². The number of para-hydroxylation sites is 1. The standard InChI is InChI=1S/C16H15N3OS/c17-13-11-8-18-12-4-2-1-3-10(12)14(11)21-15(13)16(20)19-7-9-5-6-9/h1-4,8-9H,5-7,17H2,(H,19,20). The lowest BCUT2D eigenvalue weighted by molar-refractivity contribution is 0.0956. The first-order chi connectivity index (χ1) is 10.2. The van der Waals surface area contributed by atoms with E-state index in [0.29, 0.717) is 16.5 Å². The number of benzene rings is 1. The summed E-state index contributed by atoms with van der Waals surface area (Å²) in [6, 6.07) is 7.93. The number of amides is 1. The molecule has 1 aromatic carbocycles. The highest BCUT2D eigenvalue weighted by Gasteiger charge is 2.23. The van der Waals surface area contributed by atoms with Crippen LogP contribution in [0.25, 0.3) is 21.0 Å². The third-order valence-corrected chi connectivity index (χ3v) is 5.17. The SMILES string of the molecule is Nc1c(C(=O)NCC2CC2)sc2c1cnc1ccccc12. The van der Waals surface area contributed by atoms with Crippen LogP contribution < -0.4 is 11.1 Å². The number of thiophene rings is 1. The van der Waals surface area contributed by atoms with Gasteiger partial charge in [0.05, 0.1) is 11.2 Å². The number of carbonyl (C=O) groups is 1. The van der Waals surface area contributed by atoms with Gasteiger partial charge in [0.1, 0.15) is 4.88 Å². The molecule has 0 bridgehead atoms. The summed E-state index contributed by atoms with van der Waals surface area (Å²) in [7, 11) is 0. The Morgan fingerprint density at radius 1 is 1.33 bits per heavy atom. The van der Waals surface area contributed by atoms with E-state index in [1.165, 1.54) is 24.2 Å². The molecule has 4 nitrogen and oxygen atoms in total. The summed E-state index contributed by atoms with van der Waals surface area (Å²) in [6.07, 6.45) is 4.20. The molecule has 1 amide bonds. The number of nitrogens with one attached hydrogen (secondary N) is 1. The Labute approximate surface area is 126 Å². The predicted molar refractivity (Wildman–Crippen MR) is 86.6 cm³/mol. The molecule has 106 valence electrons. The number of nitrogens with zero attached hydrogens (tertiary/aromatic N) is 1. The summed E-state index contributed by atoms with van der Waals surface area (Å²) in [5.74, 6) is 0.594. The highest BCUT2D eigenvalue weighted by Crippen LogP contribution is 2.37. The topological polar surface area (TPSA) is 68.0 Å². The molecule has 4 rings (SSSR count). The Hall–Kier alpha value is -2.14. The Kier molecular flexibility index (Phi) is 2.82. The number of nitrogen functional groups attached to an aromatic ring is 1. The van der Waals surface area contributed by atoms with Crippen molar-refractivity contribution in [3.63, 3.8) is 0 Å². The van der Waals surface area contributed by atoms with E-state index in [1.54, 1.807) is 6.20 Å². The minimum atomic E-state index is -0.0651. The van der Waals surface area contributed by atoms with Crippen molar-refractivity contribution >= 4 is 43.9 Å². The van der Waals surface area contributed by atoms with Crippen molar-refractivity contribution in [1.82, 2.24) is 10.3 Å². The second-order valence-electron chi connectivity index (χ2n) is 5.52. The number of carbonyl (C=O) groups excluding carboxylic acids is 1. The molecular formula is C16H15N3OS. The maximum atomic E-state index is 12.3. The van der Waals surface area contributed by atoms with Gasteiger partial charge in [-0.25, -0.2) is 0 Å². The number of hydrogen-bond donors (Lipinski definition) is 2. The number of aromatic nitrogens is 1. The van der Waals surface area contributed by atoms with E-state index in [9.17, 15) is 4.79 Å². The van der Waals surface area contributed by atoms with Gasteiger partial charge in [-0.15, -0.1) is 11.3 Å². The largest absolute Gasteiger partial charge is 0.397 e. The monoisotopic (exact) mass is 297 g/mol. The second-order valence-corrected chi connectivity index (χ2v) is 6.54. The van der Waals surface area contributed by atoms with E-state index in [4.69, 9.17) is 5.73 Å². The number of anilines is 1. The number of nitrogens with two attached hydrogens (primary N) is 1. The Morgan fingerprint density at radius 3 is 2.95 bits per heavy atom. The van der Waals surface area contributed by atoms with Crippen molar-refractivity contribution in [2.75, 3.05) is 12.3 Å². The molecule has 0 atom stereocenters. The zero-order chi connectivity index (χ0) is 14.4. The van der Waals surface area contributed by atoms with Gasteiger partial charge in [0.25, 0.3) is 5.91 Å². The summed E-state index contributed by atoms with van der Waals surface area (Å²) in [4.78, 5) is 17.3. The molecule has 1 aliphatic rings. The molecule has 0 saturated heterocycles. The quantitative estimate of drug-likeness (QED) is 0.780. The first kappa shape index (κ1) is 12.6. The fraction of sp³-hybridized carbons (Fsp3) is 0.250. The molecule has 3 N–H and O–H groups in total. The first-order valence-corrected chi connectivity index (χ1v) is 7.89. The molecule has 1 aliphatic carbocycles. The lowest BCUT2D eigenvalue weighted by atomic mass is 10.1. The van der Waals surface area contributed by atoms with Crippen molar-refractivity contribution in [2.45, 2.75) is 12.8 Å². The van der Waals surface area contributed by atoms with E-state index in [0.717, 1.165) is 27.5 Å². The van der Waals surface area contributed by atoms with Crippen LogP contribution in [0.1, 0.15) is 22.5 Å². The van der Waals surface area contributed by atoms with Crippen molar-refractivity contribution in [3.05, 3.63) is 35.3 Å². The molecule has 21 heavy (non-hydrogen) atoms. The lowest BCUT2D eigenvalue weighted by Gasteiger charge is -2.02. The zero-order valence-electron chi connectivity index (χ0n) is 11.4. The van der Waals surface area contributed by atoms with Crippen LogP contribution in [0.4, 0.5) is 5.69 Å². The van der Waals surface area contributed by atoms with Crippen LogP contribution in [0.2, 0.25) is 0 Å². The van der Waals surface area contributed by atoms with E-state index in [1.807, 2.05) is 24.3 Å². The van der Waals surface area contributed by atoms with Crippen LogP contribution in [0.3, 0.4) is 0 Å². The third kappa shape index (κ3) is 2.14. The van der Waals surface area contributed by atoms with E-state index < -0.39 is 0 Å². The molecule has 2 aromatic heterocycles. The summed E-state index contributed by atoms with van der Waals surface area (Å²) in [5, 5.41) is 4.90. The van der Waals surface area contributed by atoms with Crippen LogP contribution in [0.5, 0.6) is 0 Å². The van der Waals surface area contributed by atoms with Gasteiger partial charge < -0.3 is 11.1 Å². The zero-order valence-corrected chi connectivity index (χ0v) is 12.2. The normalized spacial score (nSPS) is 14.7. The van der Waals surface area contributed by atoms with Gasteiger partial charge in [0, 0.05) is 28.2 Å².